The smallest absolute Gasteiger partial charge is 0.109 e. The van der Waals surface area contributed by atoms with Crippen LogP contribution in [0.3, 0.4) is 0 Å². The zero-order chi connectivity index (χ0) is 9.54. The Morgan fingerprint density at radius 2 is 2.21 bits per heavy atom. The highest BCUT2D eigenvalue weighted by Gasteiger charge is 2.13. The van der Waals surface area contributed by atoms with E-state index in [1.807, 2.05) is 6.07 Å². The second kappa shape index (κ2) is 3.02. The molecule has 0 bridgehead atoms. The van der Waals surface area contributed by atoms with Crippen molar-refractivity contribution < 1.29 is 0 Å². The molecule has 14 heavy (non-hydrogen) atoms. The van der Waals surface area contributed by atoms with Crippen molar-refractivity contribution in [2.75, 3.05) is 0 Å². The van der Waals surface area contributed by atoms with Crippen molar-refractivity contribution in [3.8, 4) is 0 Å². The average molecular weight is 204 g/mol. The number of rotatable bonds is 0. The molecule has 1 aliphatic rings. The first kappa shape index (κ1) is 8.36. The van der Waals surface area contributed by atoms with Gasteiger partial charge < -0.3 is 4.57 Å². The van der Waals surface area contributed by atoms with Crippen LogP contribution in [0, 0.1) is 0 Å². The van der Waals surface area contributed by atoms with Crippen LogP contribution in [-0.4, -0.2) is 9.55 Å². The quantitative estimate of drug-likeness (QED) is 0.653. The van der Waals surface area contributed by atoms with Gasteiger partial charge in [0.2, 0.25) is 0 Å². The fourth-order valence-corrected chi connectivity index (χ4v) is 2.35. The zero-order valence-electron chi connectivity index (χ0n) is 7.90. The molecule has 1 aromatic carbocycles. The van der Waals surface area contributed by atoms with E-state index < -0.39 is 0 Å². The van der Waals surface area contributed by atoms with Crippen LogP contribution in [0.25, 0.3) is 11.0 Å². The van der Waals surface area contributed by atoms with E-state index in [-0.39, 0.29) is 0 Å². The topological polar surface area (TPSA) is 17.8 Å². The van der Waals surface area contributed by atoms with E-state index in [1.165, 1.54) is 24.2 Å². The molecule has 2 aromatic rings. The lowest BCUT2D eigenvalue weighted by atomic mass is 10.2. The summed E-state index contributed by atoms with van der Waals surface area (Å²) in [5, 5.41) is 0. The third-order valence-corrected chi connectivity index (χ3v) is 3.12. The van der Waals surface area contributed by atoms with Crippen LogP contribution in [0.2, 0.25) is 0 Å². The third-order valence-electron chi connectivity index (χ3n) is 2.84. The molecule has 1 aliphatic heterocycles. The molecule has 0 saturated heterocycles. The van der Waals surface area contributed by atoms with E-state index in [0.29, 0.717) is 0 Å². The molecule has 0 radical (unpaired) electrons. The van der Waals surface area contributed by atoms with Crippen LogP contribution < -0.4 is 0 Å². The number of hydrogen-bond donors (Lipinski definition) is 1. The van der Waals surface area contributed by atoms with Gasteiger partial charge in [-0.25, -0.2) is 4.98 Å². The maximum absolute atomic E-state index is 4.62. The Morgan fingerprint density at radius 3 is 3.14 bits per heavy atom. The number of fused-ring (bicyclic) bond motifs is 3. The zero-order valence-corrected chi connectivity index (χ0v) is 8.80. The fraction of sp³-hybridized carbons (Fsp3) is 0.364. The van der Waals surface area contributed by atoms with Crippen molar-refractivity contribution in [2.24, 2.45) is 0 Å². The summed E-state index contributed by atoms with van der Waals surface area (Å²) >= 11 is 4.36. The van der Waals surface area contributed by atoms with E-state index >= 15 is 0 Å². The van der Waals surface area contributed by atoms with Gasteiger partial charge in [-0.05, 0) is 31.0 Å². The fourth-order valence-electron chi connectivity index (χ4n) is 2.15. The van der Waals surface area contributed by atoms with Gasteiger partial charge in [-0.1, -0.05) is 0 Å². The first-order chi connectivity index (χ1) is 6.84. The number of benzene rings is 1. The van der Waals surface area contributed by atoms with Crippen molar-refractivity contribution >= 4 is 23.7 Å². The molecule has 0 spiro atoms. The lowest BCUT2D eigenvalue weighted by molar-refractivity contribution is 0.533. The molecule has 0 atom stereocenters. The lowest BCUT2D eigenvalue weighted by Gasteiger charge is -2.13. The molecule has 2 heterocycles. The van der Waals surface area contributed by atoms with E-state index in [1.54, 1.807) is 0 Å². The molecule has 3 heteroatoms. The van der Waals surface area contributed by atoms with Crippen molar-refractivity contribution in [1.82, 2.24) is 9.55 Å². The Labute approximate surface area is 88.4 Å². The van der Waals surface area contributed by atoms with Gasteiger partial charge in [0.25, 0.3) is 0 Å². The Bertz CT molecular complexity index is 487. The minimum Gasteiger partial charge on any atom is -0.328 e. The minimum absolute atomic E-state index is 1.02. The molecule has 1 aromatic heterocycles. The summed E-state index contributed by atoms with van der Waals surface area (Å²) < 4.78 is 2.33. The molecule has 3 rings (SSSR count). The summed E-state index contributed by atoms with van der Waals surface area (Å²) in [6.07, 6.45) is 3.67. The van der Waals surface area contributed by atoms with Gasteiger partial charge in [-0.2, -0.15) is 0 Å². The van der Waals surface area contributed by atoms with E-state index in [9.17, 15) is 0 Å². The predicted molar refractivity (Wildman–Crippen MR) is 59.9 cm³/mol. The lowest BCUT2D eigenvalue weighted by Crippen LogP contribution is -2.09. The molecule has 0 unspecified atom stereocenters. The summed E-state index contributed by atoms with van der Waals surface area (Å²) in [7, 11) is 0. The number of aromatic nitrogens is 2. The maximum Gasteiger partial charge on any atom is 0.109 e. The summed E-state index contributed by atoms with van der Waals surface area (Å²) in [5.41, 5.74) is 2.35. The first-order valence-electron chi connectivity index (χ1n) is 5.03. The van der Waals surface area contributed by atoms with Crippen LogP contribution in [0.5, 0.6) is 0 Å². The predicted octanol–water partition coefficient (Wildman–Crippen LogP) is 2.66. The highest BCUT2D eigenvalue weighted by molar-refractivity contribution is 7.80. The molecule has 0 aliphatic carbocycles. The van der Waals surface area contributed by atoms with Crippen molar-refractivity contribution in [1.29, 1.82) is 0 Å². The first-order valence-corrected chi connectivity index (χ1v) is 5.47. The average Bonchev–Trinajstić information content (AvgIpc) is 2.56. The van der Waals surface area contributed by atoms with Crippen LogP contribution in [0.1, 0.15) is 18.7 Å². The van der Waals surface area contributed by atoms with E-state index in [2.05, 4.69) is 34.3 Å². The van der Waals surface area contributed by atoms with Gasteiger partial charge in [-0.15, -0.1) is 12.6 Å². The Hall–Kier alpha value is -0.960. The van der Waals surface area contributed by atoms with E-state index in [4.69, 9.17) is 0 Å². The molecular weight excluding hydrogens is 192 g/mol. The largest absolute Gasteiger partial charge is 0.328 e. The van der Waals surface area contributed by atoms with Gasteiger partial charge in [0.15, 0.2) is 0 Å². The number of nitrogens with zero attached hydrogens (tertiary/aromatic N) is 2. The summed E-state index contributed by atoms with van der Waals surface area (Å²) in [4.78, 5) is 5.64. The van der Waals surface area contributed by atoms with Crippen LogP contribution in [0.4, 0.5) is 0 Å². The van der Waals surface area contributed by atoms with E-state index in [0.717, 1.165) is 23.4 Å². The molecule has 2 nitrogen and oxygen atoms in total. The van der Waals surface area contributed by atoms with Crippen LogP contribution >= 0.6 is 12.6 Å². The Morgan fingerprint density at radius 1 is 1.29 bits per heavy atom. The number of aryl methyl sites for hydroxylation is 2. The van der Waals surface area contributed by atoms with Crippen molar-refractivity contribution in [3.63, 3.8) is 0 Å². The van der Waals surface area contributed by atoms with Gasteiger partial charge in [-0.3, -0.25) is 0 Å². The SMILES string of the molecule is Sc1ccc2nc3n(c2c1)CCCC3. The summed E-state index contributed by atoms with van der Waals surface area (Å²) in [6.45, 7) is 1.11. The number of imidazole rings is 1. The monoisotopic (exact) mass is 204 g/mol. The standard InChI is InChI=1S/C11H12N2S/c14-8-4-5-9-10(7-8)13-6-2-1-3-11(13)12-9/h4-5,7,14H,1-3,6H2. The number of thiol groups is 1. The second-order valence-electron chi connectivity index (χ2n) is 3.81. The molecule has 0 N–H and O–H groups in total. The molecule has 0 fully saturated rings. The normalized spacial score (nSPS) is 15.8. The van der Waals surface area contributed by atoms with Crippen LogP contribution in [0.15, 0.2) is 23.1 Å². The Balaban J connectivity index is 2.32. The van der Waals surface area contributed by atoms with Gasteiger partial charge in [0, 0.05) is 17.9 Å². The molecular formula is C11H12N2S. The molecule has 0 amide bonds. The van der Waals surface area contributed by atoms with Gasteiger partial charge >= 0.3 is 0 Å². The maximum atomic E-state index is 4.62. The van der Waals surface area contributed by atoms with Crippen molar-refractivity contribution in [2.45, 2.75) is 30.7 Å². The third kappa shape index (κ3) is 1.16. The molecule has 72 valence electrons. The summed E-state index contributed by atoms with van der Waals surface area (Å²) in [6, 6.07) is 6.17. The highest BCUT2D eigenvalue weighted by atomic mass is 32.1. The van der Waals surface area contributed by atoms with Gasteiger partial charge in [0.1, 0.15) is 5.82 Å². The number of hydrogen-bond acceptors (Lipinski definition) is 2. The van der Waals surface area contributed by atoms with Gasteiger partial charge in [0.05, 0.1) is 11.0 Å². The summed E-state index contributed by atoms with van der Waals surface area (Å²) in [5.74, 6) is 1.24. The Kier molecular flexibility index (Phi) is 1.80. The van der Waals surface area contributed by atoms with Crippen molar-refractivity contribution in [3.05, 3.63) is 24.0 Å². The molecule has 0 saturated carbocycles. The highest BCUT2D eigenvalue weighted by Crippen LogP contribution is 2.23. The minimum atomic E-state index is 1.02. The second-order valence-corrected chi connectivity index (χ2v) is 4.33. The van der Waals surface area contributed by atoms with Crippen LogP contribution in [-0.2, 0) is 13.0 Å².